The summed E-state index contributed by atoms with van der Waals surface area (Å²) >= 11 is 0. The van der Waals surface area contributed by atoms with Crippen LogP contribution >= 0.6 is 10.8 Å². The summed E-state index contributed by atoms with van der Waals surface area (Å²) in [6.45, 7) is 4.73. The van der Waals surface area contributed by atoms with Crippen molar-refractivity contribution in [1.82, 2.24) is 5.32 Å². The second kappa shape index (κ2) is 6.25. The normalized spacial score (nSPS) is 13.8. The first-order chi connectivity index (χ1) is 7.91. The van der Waals surface area contributed by atoms with E-state index in [0.717, 1.165) is 0 Å². The van der Waals surface area contributed by atoms with E-state index in [1.165, 1.54) is 0 Å². The number of rotatable bonds is 5. The third-order valence-corrected chi connectivity index (χ3v) is 3.43. The van der Waals surface area contributed by atoms with Crippen molar-refractivity contribution in [2.24, 2.45) is 0 Å². The lowest BCUT2D eigenvalue weighted by atomic mass is 10.2. The largest absolute Gasteiger partial charge is 0.548 e. The number of amides is 1. The van der Waals surface area contributed by atoms with Crippen molar-refractivity contribution < 1.29 is 32.4 Å². The molecule has 0 aliphatic heterocycles. The molecule has 0 rings (SSSR count). The van der Waals surface area contributed by atoms with Crippen molar-refractivity contribution in [3.8, 4) is 0 Å². The van der Waals surface area contributed by atoms with Crippen LogP contribution < -0.4 is 10.4 Å². The zero-order valence-corrected chi connectivity index (χ0v) is 11.6. The zero-order chi connectivity index (χ0) is 14.6. The molecule has 1 amide bonds. The van der Waals surface area contributed by atoms with Gasteiger partial charge in [0.25, 0.3) is 0 Å². The molecule has 1 atom stereocenters. The molecule has 0 aromatic rings. The van der Waals surface area contributed by atoms with Crippen LogP contribution in [0.4, 0.5) is 4.79 Å². The summed E-state index contributed by atoms with van der Waals surface area (Å²) in [6, 6.07) is -1.59. The molecule has 0 fully saturated rings. The highest BCUT2D eigenvalue weighted by atomic mass is 33.1. The van der Waals surface area contributed by atoms with Crippen molar-refractivity contribution in [2.45, 2.75) is 32.4 Å². The first-order valence-corrected chi connectivity index (χ1v) is 7.67. The lowest BCUT2D eigenvalue weighted by Crippen LogP contribution is -2.50. The number of aliphatic carboxylic acids is 1. The fraction of sp³-hybridized carbons (Fsp3) is 0.750. The van der Waals surface area contributed by atoms with Gasteiger partial charge in [-0.3, -0.25) is 4.55 Å². The average molecular weight is 300 g/mol. The van der Waals surface area contributed by atoms with Crippen molar-refractivity contribution in [3.63, 3.8) is 0 Å². The van der Waals surface area contributed by atoms with Gasteiger partial charge in [0.1, 0.15) is 5.60 Å². The van der Waals surface area contributed by atoms with Crippen molar-refractivity contribution >= 4 is 32.0 Å². The molecule has 106 valence electrons. The molecule has 0 radical (unpaired) electrons. The summed E-state index contributed by atoms with van der Waals surface area (Å²) < 4.78 is 34.1. The average Bonchev–Trinajstić information content (AvgIpc) is 2.06. The maximum Gasteiger partial charge on any atom is 0.408 e. The number of nitrogens with one attached hydrogen (secondary N) is 1. The van der Waals surface area contributed by atoms with Gasteiger partial charge in [-0.25, -0.2) is 4.79 Å². The summed E-state index contributed by atoms with van der Waals surface area (Å²) in [5.41, 5.74) is -0.823. The molecule has 0 aromatic carbocycles. The van der Waals surface area contributed by atoms with Gasteiger partial charge in [-0.15, -0.1) is 0 Å². The highest BCUT2D eigenvalue weighted by Crippen LogP contribution is 2.11. The zero-order valence-electron chi connectivity index (χ0n) is 10.00. The van der Waals surface area contributed by atoms with Gasteiger partial charge in [0.05, 0.1) is 12.0 Å². The highest BCUT2D eigenvalue weighted by molar-refractivity contribution is 8.69. The van der Waals surface area contributed by atoms with E-state index in [4.69, 9.17) is 9.29 Å². The van der Waals surface area contributed by atoms with E-state index in [1.807, 2.05) is 5.32 Å². The standard InChI is InChI=1S/C8H15NO7S2/c1-8(2,3)16-7(12)9-5(6(10)11)4-17-18(13,14)15/h5H,4H2,1-3H3,(H,9,12)(H,10,11)(H,13,14,15)/p-1/t5-/m0/s1. The maximum absolute atomic E-state index is 11.3. The topological polar surface area (TPSA) is 133 Å². The van der Waals surface area contributed by atoms with E-state index < -0.39 is 38.6 Å². The van der Waals surface area contributed by atoms with Crippen LogP contribution in [-0.2, 0) is 18.7 Å². The predicted octanol–water partition coefficient (Wildman–Crippen LogP) is -0.834. The molecule has 0 aliphatic carbocycles. The molecular formula is C8H14NO7S2-. The summed E-state index contributed by atoms with van der Waals surface area (Å²) in [5, 5.41) is 12.6. The monoisotopic (exact) mass is 300 g/mol. The van der Waals surface area contributed by atoms with E-state index in [0.29, 0.717) is 0 Å². The number of carboxylic acid groups (broad SMARTS) is 1. The quantitative estimate of drug-likeness (QED) is 0.496. The fourth-order valence-electron chi connectivity index (χ4n) is 0.772. The maximum atomic E-state index is 11.3. The van der Waals surface area contributed by atoms with Gasteiger partial charge in [-0.2, -0.15) is 8.42 Å². The van der Waals surface area contributed by atoms with Gasteiger partial charge in [-0.1, -0.05) is 0 Å². The molecule has 0 bridgehead atoms. The van der Waals surface area contributed by atoms with Crippen LogP contribution in [0.3, 0.4) is 0 Å². The third-order valence-electron chi connectivity index (χ3n) is 1.36. The lowest BCUT2D eigenvalue weighted by Gasteiger charge is -2.23. The highest BCUT2D eigenvalue weighted by Gasteiger charge is 2.21. The Morgan fingerprint density at radius 3 is 2.28 bits per heavy atom. The van der Waals surface area contributed by atoms with Gasteiger partial charge in [0, 0.05) is 5.75 Å². The number of alkyl carbamates (subject to hydrolysis) is 1. The molecule has 0 unspecified atom stereocenters. The lowest BCUT2D eigenvalue weighted by molar-refractivity contribution is -0.307. The predicted molar refractivity (Wildman–Crippen MR) is 62.2 cm³/mol. The van der Waals surface area contributed by atoms with Crippen LogP contribution in [0.15, 0.2) is 0 Å². The van der Waals surface area contributed by atoms with E-state index in [2.05, 4.69) is 0 Å². The fourth-order valence-corrected chi connectivity index (χ4v) is 2.22. The molecule has 0 aliphatic rings. The Morgan fingerprint density at radius 2 is 1.94 bits per heavy atom. The number of carboxylic acids is 1. The number of carbonyl (C=O) groups is 2. The summed E-state index contributed by atoms with van der Waals surface area (Å²) in [7, 11) is -4.42. The minimum atomic E-state index is -4.39. The Balaban J connectivity index is 4.46. The smallest absolute Gasteiger partial charge is 0.408 e. The first kappa shape index (κ1) is 17.0. The summed E-state index contributed by atoms with van der Waals surface area (Å²) in [5.74, 6) is -2.28. The third kappa shape index (κ3) is 9.07. The van der Waals surface area contributed by atoms with Crippen LogP contribution in [0.1, 0.15) is 20.8 Å². The minimum Gasteiger partial charge on any atom is -0.548 e. The number of hydrogen-bond acceptors (Lipinski definition) is 7. The van der Waals surface area contributed by atoms with E-state index in [1.54, 1.807) is 20.8 Å². The van der Waals surface area contributed by atoms with E-state index in [9.17, 15) is 23.1 Å². The van der Waals surface area contributed by atoms with Gasteiger partial charge in [0.15, 0.2) is 0 Å². The minimum absolute atomic E-state index is 0.0334. The Hall–Kier alpha value is -1.00. The van der Waals surface area contributed by atoms with Gasteiger partial charge >= 0.3 is 15.2 Å². The van der Waals surface area contributed by atoms with Crippen LogP contribution in [0.5, 0.6) is 0 Å². The Kier molecular flexibility index (Phi) is 5.90. The number of carbonyl (C=O) groups excluding carboxylic acids is 2. The summed E-state index contributed by atoms with van der Waals surface area (Å²) in [4.78, 5) is 21.9. The van der Waals surface area contributed by atoms with Gasteiger partial charge in [-0.05, 0) is 31.6 Å². The molecule has 0 heterocycles. The second-order valence-corrected chi connectivity index (χ2v) is 7.63. The SMILES string of the molecule is CC(C)(C)OC(=O)N[C@@H](CSS(=O)(=O)O)C(=O)[O-]. The van der Waals surface area contributed by atoms with E-state index >= 15 is 0 Å². The van der Waals surface area contributed by atoms with Crippen LogP contribution in [0.2, 0.25) is 0 Å². The Bertz CT molecular complexity index is 412. The molecular weight excluding hydrogens is 286 g/mol. The molecule has 0 saturated heterocycles. The Labute approximate surface area is 108 Å². The molecule has 0 saturated carbocycles. The van der Waals surface area contributed by atoms with Crippen molar-refractivity contribution in [2.75, 3.05) is 5.75 Å². The van der Waals surface area contributed by atoms with Crippen LogP contribution in [0, 0.1) is 0 Å². The first-order valence-electron chi connectivity index (χ1n) is 4.73. The Morgan fingerprint density at radius 1 is 1.44 bits per heavy atom. The molecule has 18 heavy (non-hydrogen) atoms. The summed E-state index contributed by atoms with van der Waals surface area (Å²) in [6.07, 6.45) is -1.02. The molecule has 0 spiro atoms. The number of hydrogen-bond donors (Lipinski definition) is 2. The van der Waals surface area contributed by atoms with Crippen molar-refractivity contribution in [1.29, 1.82) is 0 Å². The van der Waals surface area contributed by atoms with Crippen molar-refractivity contribution in [3.05, 3.63) is 0 Å². The molecule has 0 aromatic heterocycles. The second-order valence-electron chi connectivity index (χ2n) is 4.23. The molecule has 10 heteroatoms. The van der Waals surface area contributed by atoms with Gasteiger partial charge in [0.2, 0.25) is 0 Å². The van der Waals surface area contributed by atoms with Crippen LogP contribution in [0.25, 0.3) is 0 Å². The van der Waals surface area contributed by atoms with Crippen LogP contribution in [-0.4, -0.2) is 42.4 Å². The number of ether oxygens (including phenoxy) is 1. The van der Waals surface area contributed by atoms with E-state index in [-0.39, 0.29) is 10.8 Å². The molecule has 2 N–H and O–H groups in total. The van der Waals surface area contributed by atoms with Gasteiger partial charge < -0.3 is 20.0 Å². The molecule has 8 nitrogen and oxygen atoms in total.